The summed E-state index contributed by atoms with van der Waals surface area (Å²) in [6.45, 7) is 3.36. The number of benzene rings is 2. The highest BCUT2D eigenvalue weighted by atomic mass is 79.9. The van der Waals surface area contributed by atoms with Crippen LogP contribution in [-0.2, 0) is 13.1 Å². The summed E-state index contributed by atoms with van der Waals surface area (Å²) in [6, 6.07) is 15.7. The summed E-state index contributed by atoms with van der Waals surface area (Å²) in [5.41, 5.74) is 3.35. The van der Waals surface area contributed by atoms with Gasteiger partial charge in [-0.25, -0.2) is 0 Å². The highest BCUT2D eigenvalue weighted by Crippen LogP contribution is 2.20. The van der Waals surface area contributed by atoms with E-state index in [1.165, 1.54) is 0 Å². The van der Waals surface area contributed by atoms with Crippen molar-refractivity contribution in [1.82, 2.24) is 9.13 Å². The third kappa shape index (κ3) is 3.32. The van der Waals surface area contributed by atoms with Gasteiger partial charge in [-0.05, 0) is 36.2 Å². The Balaban J connectivity index is 1.98. The molecule has 0 aliphatic carbocycles. The van der Waals surface area contributed by atoms with E-state index in [4.69, 9.17) is 5.41 Å². The molecule has 0 fully saturated rings. The summed E-state index contributed by atoms with van der Waals surface area (Å²) in [6.07, 6.45) is 1.49. The monoisotopic (exact) mass is 387 g/mol. The van der Waals surface area contributed by atoms with E-state index < -0.39 is 6.10 Å². The summed E-state index contributed by atoms with van der Waals surface area (Å²) < 4.78 is 4.92. The molecule has 0 saturated heterocycles. The Morgan fingerprint density at radius 3 is 2.29 bits per heavy atom. The molecule has 1 atom stereocenters. The Hall–Kier alpha value is -1.85. The van der Waals surface area contributed by atoms with Gasteiger partial charge in [0.2, 0.25) is 5.62 Å². The van der Waals surface area contributed by atoms with Gasteiger partial charge in [-0.15, -0.1) is 0 Å². The van der Waals surface area contributed by atoms with Crippen molar-refractivity contribution < 1.29 is 5.11 Å². The Labute approximate surface area is 150 Å². The molecule has 0 amide bonds. The van der Waals surface area contributed by atoms with Gasteiger partial charge < -0.3 is 14.2 Å². The maximum Gasteiger partial charge on any atom is 0.203 e. The first kappa shape index (κ1) is 17.0. The molecule has 4 nitrogen and oxygen atoms in total. The van der Waals surface area contributed by atoms with Gasteiger partial charge in [0.25, 0.3) is 0 Å². The summed E-state index contributed by atoms with van der Waals surface area (Å²) >= 11 is 3.41. The van der Waals surface area contributed by atoms with Crippen LogP contribution in [0.1, 0.15) is 31.4 Å². The normalized spacial score (nSPS) is 12.6. The first-order chi connectivity index (χ1) is 11.6. The van der Waals surface area contributed by atoms with E-state index in [2.05, 4.69) is 22.9 Å². The number of halogens is 1. The molecule has 0 radical (unpaired) electrons. The minimum Gasteiger partial charge on any atom is -0.387 e. The summed E-state index contributed by atoms with van der Waals surface area (Å²) in [5, 5.41) is 19.2. The van der Waals surface area contributed by atoms with Gasteiger partial charge in [0.1, 0.15) is 0 Å². The van der Waals surface area contributed by atoms with E-state index in [1.54, 1.807) is 0 Å². The van der Waals surface area contributed by atoms with Crippen LogP contribution >= 0.6 is 15.9 Å². The van der Waals surface area contributed by atoms with Crippen molar-refractivity contribution in [3.63, 3.8) is 0 Å². The van der Waals surface area contributed by atoms with Crippen molar-refractivity contribution in [2.24, 2.45) is 0 Å². The number of fused-ring (bicyclic) bond motifs is 1. The highest BCUT2D eigenvalue weighted by Gasteiger charge is 2.14. The zero-order valence-corrected chi connectivity index (χ0v) is 15.3. The molecule has 0 unspecified atom stereocenters. The largest absolute Gasteiger partial charge is 0.387 e. The number of aliphatic hydroxyl groups excluding tert-OH is 1. The maximum atomic E-state index is 10.6. The van der Waals surface area contributed by atoms with Crippen molar-refractivity contribution >= 4 is 27.0 Å². The molecule has 126 valence electrons. The minimum absolute atomic E-state index is 0.375. The number of hydrogen-bond donors (Lipinski definition) is 2. The Bertz CT molecular complexity index is 880. The number of para-hydroxylation sites is 2. The quantitative estimate of drug-likeness (QED) is 0.653. The Morgan fingerprint density at radius 2 is 1.67 bits per heavy atom. The number of unbranched alkanes of at least 4 members (excludes halogenated alkanes) is 1. The van der Waals surface area contributed by atoms with E-state index in [0.717, 1.165) is 40.5 Å². The average molecular weight is 388 g/mol. The van der Waals surface area contributed by atoms with Crippen molar-refractivity contribution in [3.05, 3.63) is 64.2 Å². The number of hydrogen-bond acceptors (Lipinski definition) is 2. The zero-order valence-electron chi connectivity index (χ0n) is 13.7. The maximum absolute atomic E-state index is 10.6. The van der Waals surface area contributed by atoms with Crippen LogP contribution in [0.2, 0.25) is 0 Å². The van der Waals surface area contributed by atoms with Crippen molar-refractivity contribution in [2.45, 2.75) is 39.0 Å². The van der Waals surface area contributed by atoms with Crippen LogP contribution in [0, 0.1) is 5.41 Å². The predicted molar refractivity (Wildman–Crippen MR) is 99.8 cm³/mol. The van der Waals surface area contributed by atoms with E-state index in [-0.39, 0.29) is 0 Å². The number of nitrogens with zero attached hydrogens (tertiary/aromatic N) is 2. The first-order valence-corrected chi connectivity index (χ1v) is 9.07. The Kier molecular flexibility index (Phi) is 5.21. The van der Waals surface area contributed by atoms with Crippen LogP contribution < -0.4 is 5.62 Å². The topological polar surface area (TPSA) is 53.9 Å². The smallest absolute Gasteiger partial charge is 0.203 e. The number of aromatic nitrogens is 2. The molecular formula is C19H22BrN3O. The Morgan fingerprint density at radius 1 is 1.04 bits per heavy atom. The lowest BCUT2D eigenvalue weighted by Gasteiger charge is -2.13. The van der Waals surface area contributed by atoms with Gasteiger partial charge >= 0.3 is 0 Å². The molecule has 0 saturated carbocycles. The molecule has 1 aromatic heterocycles. The second-order valence-electron chi connectivity index (χ2n) is 6.00. The molecule has 1 heterocycles. The number of aliphatic hydroxyl groups is 1. The zero-order chi connectivity index (χ0) is 17.1. The van der Waals surface area contributed by atoms with Gasteiger partial charge in [0.15, 0.2) is 0 Å². The van der Waals surface area contributed by atoms with Gasteiger partial charge in [-0.2, -0.15) is 0 Å². The van der Waals surface area contributed by atoms with Crippen molar-refractivity contribution in [2.75, 3.05) is 0 Å². The standard InChI is InChI=1S/C19H22BrN3O/c1-2-3-12-22-16-6-4-5-7-17(16)23(19(22)21)13-18(24)14-8-10-15(20)11-9-14/h4-11,18,21,24H,2-3,12-13H2,1H3/t18-/m1/s1. The number of aryl methyl sites for hydroxylation is 1. The molecule has 2 N–H and O–H groups in total. The molecule has 0 bridgehead atoms. The molecule has 0 spiro atoms. The van der Waals surface area contributed by atoms with Crippen LogP contribution in [0.15, 0.2) is 53.0 Å². The van der Waals surface area contributed by atoms with Crippen LogP contribution in [0.4, 0.5) is 0 Å². The molecule has 0 aliphatic heterocycles. The van der Waals surface area contributed by atoms with E-state index >= 15 is 0 Å². The SMILES string of the molecule is CCCCn1c(=N)n(C[C@@H](O)c2ccc(Br)cc2)c2ccccc21. The van der Waals surface area contributed by atoms with Crippen molar-refractivity contribution in [1.29, 1.82) is 5.41 Å². The third-order valence-corrected chi connectivity index (χ3v) is 4.85. The fourth-order valence-electron chi connectivity index (χ4n) is 2.99. The summed E-state index contributed by atoms with van der Waals surface area (Å²) in [7, 11) is 0. The van der Waals surface area contributed by atoms with Gasteiger partial charge in [0, 0.05) is 11.0 Å². The third-order valence-electron chi connectivity index (χ3n) is 4.32. The van der Waals surface area contributed by atoms with Crippen LogP contribution in [0.5, 0.6) is 0 Å². The fraction of sp³-hybridized carbons (Fsp3) is 0.316. The lowest BCUT2D eigenvalue weighted by Crippen LogP contribution is -2.26. The first-order valence-electron chi connectivity index (χ1n) is 8.28. The fourth-order valence-corrected chi connectivity index (χ4v) is 3.25. The number of nitrogens with one attached hydrogen (secondary N) is 1. The number of imidazole rings is 1. The average Bonchev–Trinajstić information content (AvgIpc) is 2.85. The van der Waals surface area contributed by atoms with Crippen LogP contribution in [0.25, 0.3) is 11.0 Å². The van der Waals surface area contributed by atoms with E-state index in [1.807, 2.05) is 57.7 Å². The summed E-state index contributed by atoms with van der Waals surface area (Å²) in [5.74, 6) is 0. The van der Waals surface area contributed by atoms with Gasteiger partial charge in [-0.3, -0.25) is 5.41 Å². The summed E-state index contributed by atoms with van der Waals surface area (Å²) in [4.78, 5) is 0. The molecule has 3 rings (SSSR count). The lowest BCUT2D eigenvalue weighted by molar-refractivity contribution is 0.155. The van der Waals surface area contributed by atoms with Gasteiger partial charge in [0.05, 0.1) is 23.7 Å². The molecule has 24 heavy (non-hydrogen) atoms. The highest BCUT2D eigenvalue weighted by molar-refractivity contribution is 9.10. The molecule has 0 aliphatic rings. The number of rotatable bonds is 6. The molecule has 2 aromatic carbocycles. The predicted octanol–water partition coefficient (Wildman–Crippen LogP) is 4.22. The van der Waals surface area contributed by atoms with Crippen LogP contribution in [-0.4, -0.2) is 14.2 Å². The minimum atomic E-state index is -0.641. The molecule has 3 aromatic rings. The lowest BCUT2D eigenvalue weighted by atomic mass is 10.1. The van der Waals surface area contributed by atoms with E-state index in [9.17, 15) is 5.11 Å². The van der Waals surface area contributed by atoms with Crippen LogP contribution in [0.3, 0.4) is 0 Å². The second kappa shape index (κ2) is 7.36. The van der Waals surface area contributed by atoms with Gasteiger partial charge in [-0.1, -0.05) is 53.5 Å². The van der Waals surface area contributed by atoms with Crippen molar-refractivity contribution in [3.8, 4) is 0 Å². The van der Waals surface area contributed by atoms with E-state index in [0.29, 0.717) is 12.2 Å². The molecular weight excluding hydrogens is 366 g/mol. The second-order valence-corrected chi connectivity index (χ2v) is 6.91. The molecule has 5 heteroatoms.